The van der Waals surface area contributed by atoms with Crippen LogP contribution in [0.1, 0.15) is 27.7 Å². The molecule has 1 aromatic rings. The summed E-state index contributed by atoms with van der Waals surface area (Å²) in [6.07, 6.45) is 0. The number of rotatable bonds is 4. The summed E-state index contributed by atoms with van der Waals surface area (Å²) in [6.45, 7) is 6.94. The molecule has 0 saturated heterocycles. The molecule has 3 nitrogen and oxygen atoms in total. The molecule has 94 valence electrons. The van der Waals surface area contributed by atoms with Crippen molar-refractivity contribution in [2.45, 2.75) is 38.9 Å². The molecule has 1 aromatic carbocycles. The topological polar surface area (TPSA) is 55.5 Å². The molecule has 0 aliphatic carbocycles. The van der Waals surface area contributed by atoms with Crippen LogP contribution in [-0.2, 0) is 4.65 Å². The molecule has 0 spiro atoms. The SMILES string of the molecule is CC(C)(O)C(C)(C)OBc1ccc(N)c(F)c1. The number of hydrogen-bond acceptors (Lipinski definition) is 3. The summed E-state index contributed by atoms with van der Waals surface area (Å²) in [7, 11) is 0.230. The van der Waals surface area contributed by atoms with E-state index in [0.29, 0.717) is 5.46 Å². The standard InChI is InChI=1S/C12H19BFNO2/c1-11(2,16)12(3,4)17-13-8-5-6-10(15)9(14)7-8/h5-7,13,16H,15H2,1-4H3. The average Bonchev–Trinajstić information content (AvgIpc) is 2.18. The monoisotopic (exact) mass is 239 g/mol. The Balaban J connectivity index is 2.71. The Morgan fingerprint density at radius 1 is 1.29 bits per heavy atom. The van der Waals surface area contributed by atoms with Crippen molar-refractivity contribution in [1.82, 2.24) is 0 Å². The molecule has 3 N–H and O–H groups in total. The second-order valence-corrected chi connectivity index (χ2v) is 5.21. The first-order valence-electron chi connectivity index (χ1n) is 5.54. The number of hydrogen-bond donors (Lipinski definition) is 2. The van der Waals surface area contributed by atoms with Crippen LogP contribution in [0.4, 0.5) is 10.1 Å². The van der Waals surface area contributed by atoms with E-state index < -0.39 is 17.0 Å². The van der Waals surface area contributed by atoms with Crippen LogP contribution in [-0.4, -0.2) is 23.8 Å². The molecule has 1 rings (SSSR count). The Morgan fingerprint density at radius 3 is 2.35 bits per heavy atom. The Kier molecular flexibility index (Phi) is 3.84. The minimum atomic E-state index is -0.973. The van der Waals surface area contributed by atoms with Crippen LogP contribution in [0, 0.1) is 5.82 Å². The third kappa shape index (κ3) is 3.44. The number of halogens is 1. The Morgan fingerprint density at radius 2 is 1.88 bits per heavy atom. The highest BCUT2D eigenvalue weighted by molar-refractivity contribution is 6.47. The third-order valence-corrected chi connectivity index (χ3v) is 3.14. The highest BCUT2D eigenvalue weighted by Gasteiger charge is 2.35. The minimum absolute atomic E-state index is 0.121. The molecule has 0 saturated carbocycles. The van der Waals surface area contributed by atoms with Gasteiger partial charge in [0.15, 0.2) is 0 Å². The molecule has 0 bridgehead atoms. The van der Waals surface area contributed by atoms with Gasteiger partial charge in [0.1, 0.15) is 5.82 Å². The number of nitrogen functional groups attached to an aromatic ring is 1. The van der Waals surface area contributed by atoms with Gasteiger partial charge in [0.25, 0.3) is 0 Å². The second-order valence-electron chi connectivity index (χ2n) is 5.21. The van der Waals surface area contributed by atoms with Crippen molar-refractivity contribution in [2.75, 3.05) is 5.73 Å². The van der Waals surface area contributed by atoms with E-state index in [-0.39, 0.29) is 13.2 Å². The summed E-state index contributed by atoms with van der Waals surface area (Å²) in [5, 5.41) is 9.90. The molecule has 0 aliphatic heterocycles. The fourth-order valence-corrected chi connectivity index (χ4v) is 1.10. The molecule has 0 aliphatic rings. The van der Waals surface area contributed by atoms with Crippen molar-refractivity contribution >= 4 is 18.6 Å². The number of aliphatic hydroxyl groups is 1. The first-order chi connectivity index (χ1) is 7.63. The van der Waals surface area contributed by atoms with Crippen molar-refractivity contribution < 1.29 is 14.2 Å². The largest absolute Gasteiger partial charge is 0.427 e. The van der Waals surface area contributed by atoms with Gasteiger partial charge in [0.2, 0.25) is 0 Å². The molecule has 0 aromatic heterocycles. The highest BCUT2D eigenvalue weighted by atomic mass is 19.1. The first-order valence-corrected chi connectivity index (χ1v) is 5.54. The van der Waals surface area contributed by atoms with Crippen molar-refractivity contribution in [3.05, 3.63) is 24.0 Å². The average molecular weight is 239 g/mol. The maximum Gasteiger partial charge on any atom is 0.309 e. The van der Waals surface area contributed by atoms with Crippen LogP contribution in [0.15, 0.2) is 18.2 Å². The zero-order valence-electron chi connectivity index (χ0n) is 10.7. The lowest BCUT2D eigenvalue weighted by atomic mass is 9.82. The van der Waals surface area contributed by atoms with E-state index in [1.807, 2.05) is 0 Å². The molecule has 0 fully saturated rings. The number of benzene rings is 1. The van der Waals surface area contributed by atoms with Crippen LogP contribution in [0.2, 0.25) is 0 Å². The van der Waals surface area contributed by atoms with Crippen LogP contribution in [0.5, 0.6) is 0 Å². The Bertz CT molecular complexity index is 402. The maximum atomic E-state index is 13.2. The van der Waals surface area contributed by atoms with Gasteiger partial charge in [-0.25, -0.2) is 4.39 Å². The van der Waals surface area contributed by atoms with E-state index in [0.717, 1.165) is 0 Å². The summed E-state index contributed by atoms with van der Waals surface area (Å²) < 4.78 is 18.8. The first kappa shape index (κ1) is 14.0. The van der Waals surface area contributed by atoms with Gasteiger partial charge in [0.05, 0.1) is 16.9 Å². The zero-order valence-corrected chi connectivity index (χ0v) is 10.7. The van der Waals surface area contributed by atoms with Gasteiger partial charge in [-0.05, 0) is 45.3 Å². The molecular formula is C12H19BFNO2. The van der Waals surface area contributed by atoms with Crippen LogP contribution < -0.4 is 11.2 Å². The highest BCUT2D eigenvalue weighted by Crippen LogP contribution is 2.24. The van der Waals surface area contributed by atoms with Gasteiger partial charge in [-0.2, -0.15) is 0 Å². The van der Waals surface area contributed by atoms with Crippen molar-refractivity contribution in [3.8, 4) is 0 Å². The van der Waals surface area contributed by atoms with Gasteiger partial charge in [0, 0.05) is 0 Å². The summed E-state index contributed by atoms with van der Waals surface area (Å²) in [6, 6.07) is 4.56. The molecule has 5 heteroatoms. The van der Waals surface area contributed by atoms with Crippen molar-refractivity contribution in [1.29, 1.82) is 0 Å². The fraction of sp³-hybridized carbons (Fsp3) is 0.500. The predicted molar refractivity (Wildman–Crippen MR) is 69.1 cm³/mol. The van der Waals surface area contributed by atoms with E-state index in [4.69, 9.17) is 10.4 Å². The lowest BCUT2D eigenvalue weighted by Crippen LogP contribution is -2.49. The third-order valence-electron chi connectivity index (χ3n) is 3.14. The lowest BCUT2D eigenvalue weighted by molar-refractivity contribution is -0.0893. The number of anilines is 1. The number of nitrogens with two attached hydrogens (primary N) is 1. The predicted octanol–water partition coefficient (Wildman–Crippen LogP) is 0.951. The Labute approximate surface area is 102 Å². The Hall–Kier alpha value is -1.07. The van der Waals surface area contributed by atoms with Crippen LogP contribution in [0.25, 0.3) is 0 Å². The molecule has 0 amide bonds. The maximum absolute atomic E-state index is 13.2. The van der Waals surface area contributed by atoms with Crippen LogP contribution in [0.3, 0.4) is 0 Å². The summed E-state index contributed by atoms with van der Waals surface area (Å²) in [5.74, 6) is -0.452. The molecule has 0 atom stereocenters. The molecule has 0 radical (unpaired) electrons. The summed E-state index contributed by atoms with van der Waals surface area (Å²) in [4.78, 5) is 0. The van der Waals surface area contributed by atoms with Gasteiger partial charge < -0.3 is 15.5 Å². The normalized spacial score (nSPS) is 12.6. The lowest BCUT2D eigenvalue weighted by Gasteiger charge is -2.37. The van der Waals surface area contributed by atoms with Gasteiger partial charge in [-0.15, -0.1) is 0 Å². The van der Waals surface area contributed by atoms with E-state index in [9.17, 15) is 9.50 Å². The fourth-order valence-electron chi connectivity index (χ4n) is 1.10. The molecular weight excluding hydrogens is 220 g/mol. The van der Waals surface area contributed by atoms with Crippen LogP contribution >= 0.6 is 0 Å². The zero-order chi connectivity index (χ0) is 13.3. The molecule has 0 unspecified atom stereocenters. The van der Waals surface area contributed by atoms with E-state index in [1.165, 1.54) is 12.1 Å². The van der Waals surface area contributed by atoms with Gasteiger partial charge in [-0.3, -0.25) is 0 Å². The van der Waals surface area contributed by atoms with E-state index in [1.54, 1.807) is 33.8 Å². The smallest absolute Gasteiger partial charge is 0.309 e. The van der Waals surface area contributed by atoms with Gasteiger partial charge in [-0.1, -0.05) is 6.07 Å². The summed E-state index contributed by atoms with van der Waals surface area (Å²) >= 11 is 0. The van der Waals surface area contributed by atoms with Gasteiger partial charge >= 0.3 is 7.48 Å². The quantitative estimate of drug-likeness (QED) is 0.607. The second kappa shape index (κ2) is 4.66. The van der Waals surface area contributed by atoms with Crippen molar-refractivity contribution in [3.63, 3.8) is 0 Å². The molecule has 0 heterocycles. The summed E-state index contributed by atoms with van der Waals surface area (Å²) in [5.41, 5.74) is 4.50. The minimum Gasteiger partial charge on any atom is -0.427 e. The van der Waals surface area contributed by atoms with E-state index >= 15 is 0 Å². The van der Waals surface area contributed by atoms with E-state index in [2.05, 4.69) is 0 Å². The molecule has 17 heavy (non-hydrogen) atoms. The van der Waals surface area contributed by atoms with Crippen molar-refractivity contribution in [2.24, 2.45) is 0 Å².